The van der Waals surface area contributed by atoms with E-state index in [0.717, 1.165) is 16.1 Å². The molecule has 0 aliphatic heterocycles. The van der Waals surface area contributed by atoms with Crippen LogP contribution in [0.1, 0.15) is 28.4 Å². The molecular weight excluding hydrogens is 408 g/mol. The van der Waals surface area contributed by atoms with Crippen molar-refractivity contribution < 1.29 is 27.5 Å². The molecule has 2 aromatic carbocycles. The van der Waals surface area contributed by atoms with E-state index < -0.39 is 28.4 Å². The highest BCUT2D eigenvalue weighted by atomic mass is 32.2. The Morgan fingerprint density at radius 3 is 2.37 bits per heavy atom. The zero-order valence-corrected chi connectivity index (χ0v) is 18.5. The number of carbonyl (C=O) groups excluding carboxylic acids is 2. The van der Waals surface area contributed by atoms with Crippen molar-refractivity contribution >= 4 is 33.3 Å². The van der Waals surface area contributed by atoms with Gasteiger partial charge in [0.2, 0.25) is 15.9 Å². The van der Waals surface area contributed by atoms with E-state index in [-0.39, 0.29) is 12.3 Å². The second kappa shape index (κ2) is 9.62. The van der Waals surface area contributed by atoms with E-state index >= 15 is 0 Å². The lowest BCUT2D eigenvalue weighted by atomic mass is 10.1. The molecule has 1 amide bonds. The smallest absolute Gasteiger partial charge is 0.338 e. The molecule has 0 unspecified atom stereocenters. The highest BCUT2D eigenvalue weighted by Gasteiger charge is 2.24. The van der Waals surface area contributed by atoms with Crippen molar-refractivity contribution in [2.24, 2.45) is 0 Å². The third-order valence-corrected chi connectivity index (χ3v) is 5.43. The van der Waals surface area contributed by atoms with Crippen molar-refractivity contribution in [1.82, 2.24) is 0 Å². The zero-order valence-electron chi connectivity index (χ0n) is 17.7. The van der Waals surface area contributed by atoms with Gasteiger partial charge in [0, 0.05) is 5.69 Å². The Kier molecular flexibility index (Phi) is 7.44. The first-order valence-corrected chi connectivity index (χ1v) is 11.1. The number of benzene rings is 2. The Balaban J connectivity index is 2.26. The van der Waals surface area contributed by atoms with E-state index in [2.05, 4.69) is 5.32 Å². The van der Waals surface area contributed by atoms with E-state index in [9.17, 15) is 18.0 Å². The first-order valence-electron chi connectivity index (χ1n) is 9.26. The Morgan fingerprint density at radius 2 is 1.80 bits per heavy atom. The lowest BCUT2D eigenvalue weighted by molar-refractivity contribution is -0.114. The maximum atomic E-state index is 12.7. The summed E-state index contributed by atoms with van der Waals surface area (Å²) in [5.74, 6) is -0.641. The van der Waals surface area contributed by atoms with Gasteiger partial charge in [-0.3, -0.25) is 9.10 Å². The molecule has 0 fully saturated rings. The lowest BCUT2D eigenvalue weighted by Gasteiger charge is -2.24. The van der Waals surface area contributed by atoms with Gasteiger partial charge in [-0.1, -0.05) is 6.07 Å². The number of anilines is 2. The molecule has 0 aliphatic rings. The molecule has 0 bridgehead atoms. The predicted octanol–water partition coefficient (Wildman–Crippen LogP) is 2.89. The molecule has 2 rings (SSSR count). The molecular formula is C21H26N2O6S. The van der Waals surface area contributed by atoms with Crippen molar-refractivity contribution in [1.29, 1.82) is 0 Å². The monoisotopic (exact) mass is 434 g/mol. The van der Waals surface area contributed by atoms with E-state index in [4.69, 9.17) is 9.47 Å². The van der Waals surface area contributed by atoms with Crippen LogP contribution in [0.3, 0.4) is 0 Å². The summed E-state index contributed by atoms with van der Waals surface area (Å²) in [4.78, 5) is 24.5. The predicted molar refractivity (Wildman–Crippen MR) is 116 cm³/mol. The van der Waals surface area contributed by atoms with Crippen molar-refractivity contribution in [3.05, 3.63) is 53.1 Å². The lowest BCUT2D eigenvalue weighted by Crippen LogP contribution is -2.37. The van der Waals surface area contributed by atoms with Crippen LogP contribution in [0, 0.1) is 13.8 Å². The van der Waals surface area contributed by atoms with Crippen LogP contribution < -0.4 is 14.4 Å². The molecule has 8 nitrogen and oxygen atoms in total. The van der Waals surface area contributed by atoms with Gasteiger partial charge in [-0.05, 0) is 62.2 Å². The minimum Gasteiger partial charge on any atom is -0.495 e. The number of nitrogens with one attached hydrogen (secondary N) is 1. The van der Waals surface area contributed by atoms with Crippen molar-refractivity contribution in [2.45, 2.75) is 20.8 Å². The van der Waals surface area contributed by atoms with E-state index in [0.29, 0.717) is 22.6 Å². The summed E-state index contributed by atoms with van der Waals surface area (Å²) in [6, 6.07) is 9.81. The molecule has 30 heavy (non-hydrogen) atoms. The number of sulfonamides is 1. The first-order chi connectivity index (χ1) is 14.1. The van der Waals surface area contributed by atoms with Gasteiger partial charge in [0.15, 0.2) is 0 Å². The molecule has 9 heteroatoms. The third kappa shape index (κ3) is 5.73. The Hall–Kier alpha value is -3.07. The second-order valence-corrected chi connectivity index (χ2v) is 8.65. The number of rotatable bonds is 8. The van der Waals surface area contributed by atoms with Gasteiger partial charge in [-0.2, -0.15) is 0 Å². The maximum Gasteiger partial charge on any atom is 0.338 e. The molecule has 0 radical (unpaired) electrons. The summed E-state index contributed by atoms with van der Waals surface area (Å²) in [6.07, 6.45) is 1.03. The molecule has 0 saturated carbocycles. The average Bonchev–Trinajstić information content (AvgIpc) is 2.67. The minimum atomic E-state index is -3.76. The molecule has 162 valence electrons. The van der Waals surface area contributed by atoms with Crippen LogP contribution in [0.25, 0.3) is 0 Å². The fraction of sp³-hybridized carbons (Fsp3) is 0.333. The number of nitrogens with zero attached hydrogens (tertiary/aromatic N) is 1. The summed E-state index contributed by atoms with van der Waals surface area (Å²) in [5, 5.41) is 2.69. The van der Waals surface area contributed by atoms with Crippen LogP contribution in [0.4, 0.5) is 11.4 Å². The van der Waals surface area contributed by atoms with Crippen molar-refractivity contribution in [3.8, 4) is 5.75 Å². The summed E-state index contributed by atoms with van der Waals surface area (Å²) in [5.41, 5.74) is 2.59. The normalized spacial score (nSPS) is 11.0. The van der Waals surface area contributed by atoms with Gasteiger partial charge in [0.1, 0.15) is 12.3 Å². The minimum absolute atomic E-state index is 0.264. The molecule has 0 aromatic heterocycles. The maximum absolute atomic E-state index is 12.7. The third-order valence-electron chi connectivity index (χ3n) is 4.30. The topological polar surface area (TPSA) is 102 Å². The molecule has 2 aromatic rings. The highest BCUT2D eigenvalue weighted by Crippen LogP contribution is 2.31. The summed E-state index contributed by atoms with van der Waals surface area (Å²) >= 11 is 0. The molecule has 0 aliphatic carbocycles. The number of esters is 1. The van der Waals surface area contributed by atoms with Crippen molar-refractivity contribution in [3.63, 3.8) is 0 Å². The molecule has 0 saturated heterocycles. The average molecular weight is 435 g/mol. The van der Waals surface area contributed by atoms with Gasteiger partial charge in [0.25, 0.3) is 0 Å². The van der Waals surface area contributed by atoms with Gasteiger partial charge in [-0.15, -0.1) is 0 Å². The summed E-state index contributed by atoms with van der Waals surface area (Å²) in [6.45, 7) is 5.10. The number of ether oxygens (including phenoxy) is 2. The zero-order chi connectivity index (χ0) is 22.5. The van der Waals surface area contributed by atoms with Crippen LogP contribution in [0.15, 0.2) is 36.4 Å². The van der Waals surface area contributed by atoms with Gasteiger partial charge in [0.05, 0.1) is 31.2 Å². The fourth-order valence-corrected chi connectivity index (χ4v) is 3.69. The largest absolute Gasteiger partial charge is 0.495 e. The standard InChI is InChI=1S/C21H26N2O6S/c1-6-29-21(25)16-8-9-17(15(3)12-16)22-20(24)13-23(30(5,26)27)18-11-14(2)7-10-19(18)28-4/h7-12H,6,13H2,1-5H3,(H,22,24). The number of hydrogen-bond donors (Lipinski definition) is 1. The SMILES string of the molecule is CCOC(=O)c1ccc(NC(=O)CN(c2cc(C)ccc2OC)S(C)(=O)=O)c(C)c1. The van der Waals surface area contributed by atoms with E-state index in [1.807, 2.05) is 6.92 Å². The number of amides is 1. The number of methoxy groups -OCH3 is 1. The number of aryl methyl sites for hydroxylation is 2. The Labute approximate surface area is 176 Å². The van der Waals surface area contributed by atoms with Crippen LogP contribution in [0.5, 0.6) is 5.75 Å². The van der Waals surface area contributed by atoms with Crippen LogP contribution >= 0.6 is 0 Å². The second-order valence-electron chi connectivity index (χ2n) is 6.74. The molecule has 1 N–H and O–H groups in total. The summed E-state index contributed by atoms with van der Waals surface area (Å²) in [7, 11) is -2.32. The van der Waals surface area contributed by atoms with E-state index in [1.54, 1.807) is 50.2 Å². The number of hydrogen-bond acceptors (Lipinski definition) is 6. The first kappa shape index (κ1) is 23.2. The van der Waals surface area contributed by atoms with Gasteiger partial charge < -0.3 is 14.8 Å². The van der Waals surface area contributed by atoms with Crippen molar-refractivity contribution in [2.75, 3.05) is 36.1 Å². The van der Waals surface area contributed by atoms with Crippen LogP contribution in [-0.2, 0) is 19.6 Å². The summed E-state index contributed by atoms with van der Waals surface area (Å²) < 4.78 is 36.0. The van der Waals surface area contributed by atoms with Crippen LogP contribution in [0.2, 0.25) is 0 Å². The quantitative estimate of drug-likeness (QED) is 0.641. The highest BCUT2D eigenvalue weighted by molar-refractivity contribution is 7.92. The van der Waals surface area contributed by atoms with E-state index in [1.165, 1.54) is 7.11 Å². The molecule has 0 spiro atoms. The van der Waals surface area contributed by atoms with Gasteiger partial charge in [-0.25, -0.2) is 13.2 Å². The molecule has 0 heterocycles. The molecule has 0 atom stereocenters. The van der Waals surface area contributed by atoms with Crippen LogP contribution in [-0.4, -0.2) is 46.8 Å². The number of carbonyl (C=O) groups is 2. The fourth-order valence-electron chi connectivity index (χ4n) is 2.84. The Bertz CT molecular complexity index is 1050. The Morgan fingerprint density at radius 1 is 1.10 bits per heavy atom. The van der Waals surface area contributed by atoms with Gasteiger partial charge >= 0.3 is 5.97 Å².